The van der Waals surface area contributed by atoms with Gasteiger partial charge in [-0.25, -0.2) is 9.59 Å². The quantitative estimate of drug-likeness (QED) is 0.103. The summed E-state index contributed by atoms with van der Waals surface area (Å²) in [4.78, 5) is 123. The minimum atomic E-state index is -1.89. The Balaban J connectivity index is 2.15. The smallest absolute Gasteiger partial charge is 0.327 e. The number of nitrogens with zero attached hydrogens (tertiary/aromatic N) is 1. The van der Waals surface area contributed by atoms with E-state index in [1.807, 2.05) is 43.3 Å². The summed E-state index contributed by atoms with van der Waals surface area (Å²) >= 11 is 0. The third-order valence-electron chi connectivity index (χ3n) is 12.4. The van der Waals surface area contributed by atoms with Crippen LogP contribution >= 0.6 is 0 Å². The molecule has 1 saturated heterocycles. The fourth-order valence-corrected chi connectivity index (χ4v) is 7.76. The Labute approximate surface area is 420 Å². The number of nitrogens with one attached hydrogen (secondary N) is 6. The first-order valence-electron chi connectivity index (χ1n) is 23.8. The number of rotatable bonds is 13. The van der Waals surface area contributed by atoms with Gasteiger partial charge in [0.2, 0.25) is 35.4 Å². The van der Waals surface area contributed by atoms with Crippen LogP contribution in [0.3, 0.4) is 0 Å². The van der Waals surface area contributed by atoms with Gasteiger partial charge in [-0.05, 0) is 62.3 Å². The number of amides is 7. The number of allylic oxidation sites excluding steroid dienone is 2. The molecule has 0 bridgehead atoms. The van der Waals surface area contributed by atoms with Crippen LogP contribution in [0.2, 0.25) is 0 Å². The summed E-state index contributed by atoms with van der Waals surface area (Å²) in [5.41, 5.74) is 1.81. The number of aliphatic carboxylic acids is 2. The molecule has 10 atom stereocenters. The average Bonchev–Trinajstić information content (AvgIpc) is 3.33. The second-order valence-electron chi connectivity index (χ2n) is 18.7. The number of phenolic OH excluding ortho intramolecular Hbond substituents is 1. The Bertz CT molecular complexity index is 2340. The predicted octanol–water partition coefficient (Wildman–Crippen LogP) is 2.51. The van der Waals surface area contributed by atoms with Crippen molar-refractivity contribution in [3.05, 3.63) is 102 Å². The third-order valence-corrected chi connectivity index (χ3v) is 12.4. The van der Waals surface area contributed by atoms with Crippen molar-refractivity contribution in [1.82, 2.24) is 36.8 Å². The summed E-state index contributed by atoms with van der Waals surface area (Å²) < 4.78 is 5.82. The largest absolute Gasteiger partial charge is 0.508 e. The second kappa shape index (κ2) is 27.9. The lowest BCUT2D eigenvalue weighted by molar-refractivity contribution is -0.146. The van der Waals surface area contributed by atoms with Gasteiger partial charge in [0.1, 0.15) is 41.7 Å². The van der Waals surface area contributed by atoms with Crippen molar-refractivity contribution in [2.45, 2.75) is 123 Å². The van der Waals surface area contributed by atoms with E-state index in [1.54, 1.807) is 34.0 Å². The number of likely N-dealkylation sites (N-methyl/N-ethyl adjacent to an activating group) is 1. The van der Waals surface area contributed by atoms with Crippen LogP contribution < -0.4 is 31.9 Å². The zero-order chi connectivity index (χ0) is 54.0. The molecule has 3 rings (SSSR count). The molecular weight excluding hydrogens is 931 g/mol. The molecule has 9 N–H and O–H groups in total. The number of benzene rings is 2. The molecule has 392 valence electrons. The molecule has 1 aliphatic heterocycles. The van der Waals surface area contributed by atoms with Gasteiger partial charge in [0.15, 0.2) is 0 Å². The number of phenols is 1. The van der Waals surface area contributed by atoms with E-state index < -0.39 is 120 Å². The highest BCUT2D eigenvalue weighted by molar-refractivity contribution is 6.00. The van der Waals surface area contributed by atoms with Crippen LogP contribution in [0.25, 0.3) is 0 Å². The van der Waals surface area contributed by atoms with Gasteiger partial charge >= 0.3 is 11.9 Å². The van der Waals surface area contributed by atoms with Gasteiger partial charge in [0.25, 0.3) is 5.91 Å². The number of carboxylic acids is 2. The van der Waals surface area contributed by atoms with Gasteiger partial charge in [0.05, 0.1) is 24.0 Å². The molecule has 0 saturated carbocycles. The van der Waals surface area contributed by atoms with Crippen molar-refractivity contribution in [1.29, 1.82) is 0 Å². The van der Waals surface area contributed by atoms with Crippen molar-refractivity contribution >= 4 is 53.3 Å². The molecule has 2 aromatic rings. The van der Waals surface area contributed by atoms with E-state index in [9.17, 15) is 58.5 Å². The summed E-state index contributed by atoms with van der Waals surface area (Å²) in [6, 6.07) is 6.61. The minimum Gasteiger partial charge on any atom is -0.508 e. The predicted molar refractivity (Wildman–Crippen MR) is 266 cm³/mol. The lowest BCUT2D eigenvalue weighted by Crippen LogP contribution is -2.59. The lowest BCUT2D eigenvalue weighted by atomic mass is 9.94. The van der Waals surface area contributed by atoms with Crippen LogP contribution in [0.15, 0.2) is 90.7 Å². The Morgan fingerprint density at radius 3 is 1.94 bits per heavy atom. The first-order valence-corrected chi connectivity index (χ1v) is 23.8. The number of carboxylic acid groups (broad SMARTS) is 2. The highest BCUT2D eigenvalue weighted by atomic mass is 16.5. The number of ether oxygens (including phenoxy) is 1. The molecule has 1 fully saturated rings. The Kier molecular flexibility index (Phi) is 22.8. The van der Waals surface area contributed by atoms with Gasteiger partial charge in [-0.3, -0.25) is 33.6 Å². The molecule has 0 aromatic heterocycles. The van der Waals surface area contributed by atoms with Gasteiger partial charge in [0, 0.05) is 32.9 Å². The topological polar surface area (TPSA) is 299 Å². The first kappa shape index (κ1) is 59.0. The highest BCUT2D eigenvalue weighted by Crippen LogP contribution is 2.19. The molecule has 20 nitrogen and oxygen atoms in total. The number of hydrogen-bond acceptors (Lipinski definition) is 11. The van der Waals surface area contributed by atoms with Crippen molar-refractivity contribution < 1.29 is 63.2 Å². The van der Waals surface area contributed by atoms with Gasteiger partial charge in [-0.2, -0.15) is 0 Å². The van der Waals surface area contributed by atoms with Crippen molar-refractivity contribution in [3.63, 3.8) is 0 Å². The molecule has 72 heavy (non-hydrogen) atoms. The minimum absolute atomic E-state index is 0.00296. The molecule has 2 aromatic carbocycles. The maximum Gasteiger partial charge on any atom is 0.327 e. The first-order chi connectivity index (χ1) is 33.8. The van der Waals surface area contributed by atoms with E-state index in [0.29, 0.717) is 17.6 Å². The highest BCUT2D eigenvalue weighted by Gasteiger charge is 2.37. The fourth-order valence-electron chi connectivity index (χ4n) is 7.76. The second-order valence-corrected chi connectivity index (χ2v) is 18.7. The van der Waals surface area contributed by atoms with Crippen molar-refractivity contribution in [3.8, 4) is 5.75 Å². The Morgan fingerprint density at radius 1 is 0.764 bits per heavy atom. The number of methoxy groups -OCH3 is 1. The van der Waals surface area contributed by atoms with Crippen LogP contribution in [0.5, 0.6) is 5.75 Å². The Hall–Kier alpha value is -7.35. The molecule has 1 heterocycles. The zero-order valence-corrected chi connectivity index (χ0v) is 42.4. The van der Waals surface area contributed by atoms with Crippen LogP contribution in [0, 0.1) is 23.7 Å². The number of carbonyl (C=O) groups excluding carboxylic acids is 7. The van der Waals surface area contributed by atoms with Crippen molar-refractivity contribution in [2.75, 3.05) is 14.2 Å². The molecule has 0 unspecified atom stereocenters. The van der Waals surface area contributed by atoms with Crippen LogP contribution in [0.4, 0.5) is 0 Å². The number of carbonyl (C=O) groups is 9. The zero-order valence-electron chi connectivity index (χ0n) is 42.4. The van der Waals surface area contributed by atoms with Gasteiger partial charge in [-0.1, -0.05) is 107 Å². The third kappa shape index (κ3) is 18.1. The maximum atomic E-state index is 14.5. The van der Waals surface area contributed by atoms with E-state index in [4.69, 9.17) is 4.74 Å². The SMILES string of the molecule is C=C1C(=O)N[C@H](C)C(=O)N[C@@H](CC(C)C)C(=O)N[C@@H](C(=O)O)[C@H](C)C(=O)N[C@@H](Cc2ccc(O)cc2)C(=O)N[C@@H](/C=C/C(C)=C/[C@H](C)[C@H](Cc2ccccc2)OC)[C@@H](C)C(=O)N[C@@H](C(=O)O)CCC(=O)N1C. The Morgan fingerprint density at radius 2 is 1.36 bits per heavy atom. The van der Waals surface area contributed by atoms with E-state index in [0.717, 1.165) is 10.5 Å². The molecule has 20 heteroatoms. The molecule has 0 spiro atoms. The van der Waals surface area contributed by atoms with Gasteiger partial charge < -0.3 is 56.9 Å². The summed E-state index contributed by atoms with van der Waals surface area (Å²) in [5, 5.41) is 45.6. The van der Waals surface area contributed by atoms with E-state index in [1.165, 1.54) is 58.2 Å². The average molecular weight is 1000 g/mol. The maximum absolute atomic E-state index is 14.5. The monoisotopic (exact) mass is 1000 g/mol. The number of hydrogen-bond donors (Lipinski definition) is 9. The summed E-state index contributed by atoms with van der Waals surface area (Å²) in [7, 11) is 2.82. The van der Waals surface area contributed by atoms with E-state index >= 15 is 0 Å². The van der Waals surface area contributed by atoms with E-state index in [2.05, 4.69) is 38.5 Å². The molecule has 1 aliphatic rings. The summed E-state index contributed by atoms with van der Waals surface area (Å²) in [5.74, 6) is -12.5. The van der Waals surface area contributed by atoms with Crippen LogP contribution in [0.1, 0.15) is 78.9 Å². The normalized spacial score (nSPS) is 25.2. The van der Waals surface area contributed by atoms with Crippen molar-refractivity contribution in [2.24, 2.45) is 23.7 Å². The summed E-state index contributed by atoms with van der Waals surface area (Å²) in [6.45, 7) is 14.9. The van der Waals surface area contributed by atoms with E-state index in [-0.39, 0.29) is 36.5 Å². The van der Waals surface area contributed by atoms with Crippen LogP contribution in [-0.4, -0.2) is 130 Å². The molecular formula is C52H71N7O13. The summed E-state index contributed by atoms with van der Waals surface area (Å²) in [6.07, 6.45) is 4.40. The fraction of sp³-hybridized carbons (Fsp3) is 0.481. The molecule has 7 amide bonds. The molecule has 0 radical (unpaired) electrons. The standard InChI is InChI=1S/C52H71N7O13/c1-28(2)24-40-50(67)58-44(52(70)71)32(6)46(63)56-41(26-36-17-19-37(60)20-18-36)49(66)54-38(21-16-29(3)25-30(4)42(72-10)27-35-14-12-11-13-15-35)31(5)45(62)55-39(51(68)69)22-23-43(61)59(9)34(8)48(65)53-33(7)47(64)57-40/h11-21,25,28,30-33,38-42,44,60H,8,22-24,26-27H2,1-7,9-10H3,(H,53,65)(H,54,66)(H,55,62)(H,56,63)(H,57,64)(H,58,67)(H,68,69)(H,70,71)/b21-16+,29-25+/t30-,31+,32-,33+,38-,39+,40-,41-,42-,44+/m0/s1. The van der Waals surface area contributed by atoms with Crippen LogP contribution in [-0.2, 0) is 60.7 Å². The number of aromatic hydroxyl groups is 1. The van der Waals surface area contributed by atoms with Gasteiger partial charge in [-0.15, -0.1) is 0 Å². The molecule has 0 aliphatic carbocycles. The lowest BCUT2D eigenvalue weighted by Gasteiger charge is -2.29.